The van der Waals surface area contributed by atoms with Gasteiger partial charge in [-0.05, 0) is 30.5 Å². The summed E-state index contributed by atoms with van der Waals surface area (Å²) < 4.78 is 1.14. The Hall–Kier alpha value is -0.380. The number of benzene rings is 1. The van der Waals surface area contributed by atoms with E-state index in [0.29, 0.717) is 12.1 Å². The van der Waals surface area contributed by atoms with Crippen LogP contribution in [-0.2, 0) is 6.54 Å². The lowest BCUT2D eigenvalue weighted by Gasteiger charge is -2.29. The van der Waals surface area contributed by atoms with Gasteiger partial charge < -0.3 is 11.1 Å². The molecule has 0 spiro atoms. The van der Waals surface area contributed by atoms with E-state index in [0.717, 1.165) is 17.4 Å². The largest absolute Gasteiger partial charge is 0.326 e. The molecule has 1 aromatic carbocycles. The van der Waals surface area contributed by atoms with Crippen LogP contribution in [0.4, 0.5) is 0 Å². The zero-order valence-electron chi connectivity index (χ0n) is 9.45. The van der Waals surface area contributed by atoms with Crippen LogP contribution < -0.4 is 11.1 Å². The van der Waals surface area contributed by atoms with Crippen LogP contribution in [0.3, 0.4) is 0 Å². The van der Waals surface area contributed by atoms with Crippen molar-refractivity contribution in [2.75, 3.05) is 0 Å². The van der Waals surface area contributed by atoms with Crippen molar-refractivity contribution in [1.29, 1.82) is 0 Å². The minimum absolute atomic E-state index is 0.334. The van der Waals surface area contributed by atoms with Gasteiger partial charge in [0.05, 0.1) is 0 Å². The number of hydrogen-bond donors (Lipinski definition) is 2. The Morgan fingerprint density at radius 2 is 2.12 bits per heavy atom. The second-order valence-corrected chi connectivity index (χ2v) is 5.48. The van der Waals surface area contributed by atoms with Crippen LogP contribution in [0, 0.1) is 0 Å². The van der Waals surface area contributed by atoms with Crippen LogP contribution >= 0.6 is 15.9 Å². The SMILES string of the molecule is NC1CCCCC1NCc1cccc(Br)c1. The molecule has 1 aliphatic carbocycles. The third kappa shape index (κ3) is 3.30. The predicted molar refractivity (Wildman–Crippen MR) is 71.2 cm³/mol. The molecule has 2 atom stereocenters. The molecule has 3 heteroatoms. The van der Waals surface area contributed by atoms with Crippen LogP contribution in [0.2, 0.25) is 0 Å². The minimum Gasteiger partial charge on any atom is -0.326 e. The van der Waals surface area contributed by atoms with Gasteiger partial charge in [0.1, 0.15) is 0 Å². The lowest BCUT2D eigenvalue weighted by molar-refractivity contribution is 0.326. The Kier molecular flexibility index (Phi) is 4.38. The molecule has 0 aromatic heterocycles. The highest BCUT2D eigenvalue weighted by atomic mass is 79.9. The van der Waals surface area contributed by atoms with Crippen molar-refractivity contribution in [2.24, 2.45) is 5.73 Å². The summed E-state index contributed by atoms with van der Waals surface area (Å²) in [5, 5.41) is 3.57. The summed E-state index contributed by atoms with van der Waals surface area (Å²) in [7, 11) is 0. The molecule has 88 valence electrons. The quantitative estimate of drug-likeness (QED) is 0.895. The Morgan fingerprint density at radius 1 is 1.31 bits per heavy atom. The zero-order chi connectivity index (χ0) is 11.4. The van der Waals surface area contributed by atoms with E-state index in [1.165, 1.54) is 24.8 Å². The summed E-state index contributed by atoms with van der Waals surface area (Å²) in [4.78, 5) is 0. The number of hydrogen-bond acceptors (Lipinski definition) is 2. The molecule has 1 saturated carbocycles. The molecule has 0 amide bonds. The van der Waals surface area contributed by atoms with Crippen molar-refractivity contribution < 1.29 is 0 Å². The fraction of sp³-hybridized carbons (Fsp3) is 0.538. The summed E-state index contributed by atoms with van der Waals surface area (Å²) >= 11 is 3.49. The minimum atomic E-state index is 0.334. The van der Waals surface area contributed by atoms with Crippen LogP contribution in [0.1, 0.15) is 31.2 Å². The van der Waals surface area contributed by atoms with Gasteiger partial charge in [0, 0.05) is 23.1 Å². The molecular weight excluding hydrogens is 264 g/mol. The third-order valence-electron chi connectivity index (χ3n) is 3.28. The standard InChI is InChI=1S/C13H19BrN2/c14-11-5-3-4-10(8-11)9-16-13-7-2-1-6-12(13)15/h3-5,8,12-13,16H,1-2,6-7,9,15H2. The van der Waals surface area contributed by atoms with Gasteiger partial charge in [-0.2, -0.15) is 0 Å². The number of halogens is 1. The van der Waals surface area contributed by atoms with Gasteiger partial charge in [-0.3, -0.25) is 0 Å². The monoisotopic (exact) mass is 282 g/mol. The molecule has 0 bridgehead atoms. The van der Waals surface area contributed by atoms with Gasteiger partial charge in [0.15, 0.2) is 0 Å². The third-order valence-corrected chi connectivity index (χ3v) is 3.77. The van der Waals surface area contributed by atoms with E-state index in [4.69, 9.17) is 5.73 Å². The van der Waals surface area contributed by atoms with Crippen molar-refractivity contribution in [1.82, 2.24) is 5.32 Å². The topological polar surface area (TPSA) is 38.0 Å². The molecule has 3 N–H and O–H groups in total. The molecule has 0 radical (unpaired) electrons. The summed E-state index contributed by atoms with van der Waals surface area (Å²) in [6.45, 7) is 0.914. The van der Waals surface area contributed by atoms with Gasteiger partial charge in [-0.15, -0.1) is 0 Å². The summed E-state index contributed by atoms with van der Waals surface area (Å²) in [6, 6.07) is 9.25. The number of rotatable bonds is 3. The summed E-state index contributed by atoms with van der Waals surface area (Å²) in [5.41, 5.74) is 7.41. The molecule has 2 unspecified atom stereocenters. The van der Waals surface area contributed by atoms with E-state index in [2.05, 4.69) is 45.5 Å². The normalized spacial score (nSPS) is 25.6. The van der Waals surface area contributed by atoms with Crippen LogP contribution in [0.15, 0.2) is 28.7 Å². The average Bonchev–Trinajstić information content (AvgIpc) is 2.28. The van der Waals surface area contributed by atoms with Crippen LogP contribution in [-0.4, -0.2) is 12.1 Å². The Labute approximate surface area is 106 Å². The maximum Gasteiger partial charge on any atom is 0.0222 e. The molecule has 1 aromatic rings. The summed E-state index contributed by atoms with van der Waals surface area (Å²) in [6.07, 6.45) is 4.98. The molecule has 0 aliphatic heterocycles. The maximum atomic E-state index is 6.10. The predicted octanol–water partition coefficient (Wildman–Crippen LogP) is 2.81. The van der Waals surface area contributed by atoms with Gasteiger partial charge in [0.25, 0.3) is 0 Å². The van der Waals surface area contributed by atoms with Gasteiger partial charge in [-0.25, -0.2) is 0 Å². The van der Waals surface area contributed by atoms with Crippen molar-refractivity contribution in [3.63, 3.8) is 0 Å². The van der Waals surface area contributed by atoms with E-state index >= 15 is 0 Å². The van der Waals surface area contributed by atoms with Crippen molar-refractivity contribution in [3.05, 3.63) is 34.3 Å². The first-order valence-electron chi connectivity index (χ1n) is 5.99. The molecule has 0 saturated heterocycles. The van der Waals surface area contributed by atoms with Gasteiger partial charge >= 0.3 is 0 Å². The van der Waals surface area contributed by atoms with Crippen LogP contribution in [0.5, 0.6) is 0 Å². The zero-order valence-corrected chi connectivity index (χ0v) is 11.0. The fourth-order valence-electron chi connectivity index (χ4n) is 2.31. The van der Waals surface area contributed by atoms with E-state index < -0.39 is 0 Å². The van der Waals surface area contributed by atoms with E-state index in [1.54, 1.807) is 0 Å². The lowest BCUT2D eigenvalue weighted by atomic mass is 9.91. The maximum absolute atomic E-state index is 6.10. The first kappa shape index (κ1) is 12.1. The summed E-state index contributed by atoms with van der Waals surface area (Å²) in [5.74, 6) is 0. The average molecular weight is 283 g/mol. The Balaban J connectivity index is 1.86. The molecule has 0 heterocycles. The lowest BCUT2D eigenvalue weighted by Crippen LogP contribution is -2.46. The Bertz CT molecular complexity index is 340. The highest BCUT2D eigenvalue weighted by molar-refractivity contribution is 9.10. The van der Waals surface area contributed by atoms with Crippen molar-refractivity contribution in [3.8, 4) is 0 Å². The van der Waals surface area contributed by atoms with Crippen LogP contribution in [0.25, 0.3) is 0 Å². The molecule has 1 fully saturated rings. The molecule has 2 nitrogen and oxygen atoms in total. The highest BCUT2D eigenvalue weighted by Crippen LogP contribution is 2.18. The second-order valence-electron chi connectivity index (χ2n) is 4.57. The van der Waals surface area contributed by atoms with E-state index in [1.807, 2.05) is 0 Å². The second kappa shape index (κ2) is 5.80. The van der Waals surface area contributed by atoms with Crippen molar-refractivity contribution in [2.45, 2.75) is 44.3 Å². The number of nitrogens with two attached hydrogens (primary N) is 1. The first-order chi connectivity index (χ1) is 7.75. The number of nitrogens with one attached hydrogen (secondary N) is 1. The first-order valence-corrected chi connectivity index (χ1v) is 6.78. The molecule has 2 rings (SSSR count). The molecule has 16 heavy (non-hydrogen) atoms. The van der Waals surface area contributed by atoms with E-state index in [-0.39, 0.29) is 0 Å². The molecular formula is C13H19BrN2. The van der Waals surface area contributed by atoms with Gasteiger partial charge in [0.2, 0.25) is 0 Å². The highest BCUT2D eigenvalue weighted by Gasteiger charge is 2.20. The smallest absolute Gasteiger partial charge is 0.0222 e. The fourth-order valence-corrected chi connectivity index (χ4v) is 2.76. The van der Waals surface area contributed by atoms with E-state index in [9.17, 15) is 0 Å². The van der Waals surface area contributed by atoms with Crippen molar-refractivity contribution >= 4 is 15.9 Å². The molecule has 1 aliphatic rings. The van der Waals surface area contributed by atoms with Gasteiger partial charge in [-0.1, -0.05) is 40.9 Å². The Morgan fingerprint density at radius 3 is 2.88 bits per heavy atom.